The maximum absolute atomic E-state index is 11.9. The normalized spacial score (nSPS) is 12.2. The highest BCUT2D eigenvalue weighted by atomic mass is 16.6. The van der Waals surface area contributed by atoms with Crippen LogP contribution in [0.25, 0.3) is 22.0 Å². The molecular formula is C25H27N2O4+. The van der Waals surface area contributed by atoms with Gasteiger partial charge in [-0.2, -0.15) is 0 Å². The number of benzene rings is 1. The number of H-pyrrole nitrogens is 2. The molecule has 0 saturated heterocycles. The van der Waals surface area contributed by atoms with Crippen molar-refractivity contribution in [2.45, 2.75) is 25.9 Å². The van der Waals surface area contributed by atoms with Gasteiger partial charge in [-0.3, -0.25) is 0 Å². The third-order valence-electron chi connectivity index (χ3n) is 5.44. The van der Waals surface area contributed by atoms with Crippen LogP contribution in [0, 0.1) is 0 Å². The summed E-state index contributed by atoms with van der Waals surface area (Å²) in [5.74, 6) is 0.457. The molecule has 0 radical (unpaired) electrons. The van der Waals surface area contributed by atoms with Crippen molar-refractivity contribution in [3.63, 3.8) is 0 Å². The fourth-order valence-electron chi connectivity index (χ4n) is 3.93. The van der Waals surface area contributed by atoms with E-state index in [1.165, 1.54) is 29.0 Å². The summed E-state index contributed by atoms with van der Waals surface area (Å²) in [6.45, 7) is 2.69. The monoisotopic (exact) mass is 419 g/mol. The summed E-state index contributed by atoms with van der Waals surface area (Å²) >= 11 is 0. The second kappa shape index (κ2) is 9.62. The molecule has 0 fully saturated rings. The third kappa shape index (κ3) is 4.54. The number of pyridine rings is 2. The average molecular weight is 420 g/mol. The minimum absolute atomic E-state index is 0.339. The Morgan fingerprint density at radius 3 is 2.74 bits per heavy atom. The van der Waals surface area contributed by atoms with Crippen LogP contribution in [0.4, 0.5) is 0 Å². The Kier molecular flexibility index (Phi) is 6.48. The lowest BCUT2D eigenvalue weighted by Gasteiger charge is -2.14. The summed E-state index contributed by atoms with van der Waals surface area (Å²) in [5, 5.41) is 2.45. The molecule has 2 N–H and O–H groups in total. The Labute approximate surface area is 181 Å². The summed E-state index contributed by atoms with van der Waals surface area (Å²) in [6, 6.07) is 14.0. The van der Waals surface area contributed by atoms with Crippen LogP contribution in [0.2, 0.25) is 0 Å². The Hall–Kier alpha value is -3.38. The minimum Gasteiger partial charge on any atom is -0.493 e. The lowest BCUT2D eigenvalue weighted by Crippen LogP contribution is -2.27. The van der Waals surface area contributed by atoms with Gasteiger partial charge in [0, 0.05) is 43.2 Å². The van der Waals surface area contributed by atoms with Gasteiger partial charge in [-0.15, -0.1) is 0 Å². The van der Waals surface area contributed by atoms with Crippen molar-refractivity contribution < 1.29 is 24.0 Å². The van der Waals surface area contributed by atoms with E-state index in [-0.39, 0.29) is 5.97 Å². The van der Waals surface area contributed by atoms with E-state index in [4.69, 9.17) is 14.2 Å². The van der Waals surface area contributed by atoms with Crippen LogP contribution in [-0.2, 0) is 27.1 Å². The molecule has 1 atom stereocenters. The van der Waals surface area contributed by atoms with E-state index in [0.29, 0.717) is 19.6 Å². The number of esters is 1. The molecule has 1 aliphatic heterocycles. The highest BCUT2D eigenvalue weighted by Gasteiger charge is 2.20. The van der Waals surface area contributed by atoms with Crippen LogP contribution in [0.3, 0.4) is 0 Å². The zero-order chi connectivity index (χ0) is 21.6. The molecule has 2 aromatic rings. The van der Waals surface area contributed by atoms with Crippen molar-refractivity contribution in [1.29, 1.82) is 0 Å². The van der Waals surface area contributed by atoms with Crippen molar-refractivity contribution in [2.24, 2.45) is 0 Å². The Balaban J connectivity index is 1.40. The van der Waals surface area contributed by atoms with Crippen LogP contribution in [0.15, 0.2) is 61.1 Å². The van der Waals surface area contributed by atoms with E-state index in [9.17, 15) is 4.79 Å². The smallest absolute Gasteiger partial charge is 0.335 e. The number of aromatic amines is 2. The number of nitrogens with one attached hydrogen (secondary N) is 2. The fraction of sp³-hybridized carbons (Fsp3) is 0.280. The maximum Gasteiger partial charge on any atom is 0.335 e. The van der Waals surface area contributed by atoms with Gasteiger partial charge in [0.25, 0.3) is 0 Å². The molecule has 160 valence electrons. The molecule has 0 bridgehead atoms. The van der Waals surface area contributed by atoms with Gasteiger partial charge in [-0.25, -0.2) is 9.78 Å². The van der Waals surface area contributed by atoms with Gasteiger partial charge in [0.2, 0.25) is 0 Å². The van der Waals surface area contributed by atoms with Crippen molar-refractivity contribution in [1.82, 2.24) is 4.98 Å². The van der Waals surface area contributed by atoms with Crippen LogP contribution >= 0.6 is 0 Å². The van der Waals surface area contributed by atoms with Gasteiger partial charge in [0.1, 0.15) is 5.75 Å². The van der Waals surface area contributed by atoms with Gasteiger partial charge >= 0.3 is 5.97 Å². The predicted octanol–water partition coefficient (Wildman–Crippen LogP) is 3.83. The summed E-state index contributed by atoms with van der Waals surface area (Å²) in [7, 11) is 1.52. The van der Waals surface area contributed by atoms with Crippen LogP contribution in [0.1, 0.15) is 18.1 Å². The number of aromatic nitrogens is 2. The molecule has 1 aromatic carbocycles. The molecule has 2 heterocycles. The molecule has 6 nitrogen and oxygen atoms in total. The molecular weight excluding hydrogens is 392 g/mol. The number of methoxy groups -OCH3 is 1. The van der Waals surface area contributed by atoms with Crippen LogP contribution in [-0.4, -0.2) is 37.4 Å². The molecule has 6 heteroatoms. The van der Waals surface area contributed by atoms with Crippen LogP contribution in [0.5, 0.6) is 5.75 Å². The van der Waals surface area contributed by atoms with Crippen LogP contribution < -0.4 is 9.72 Å². The topological polar surface area (TPSA) is 74.7 Å². The molecule has 0 spiro atoms. The number of carbonyl (C=O) groups excluding carboxylic acids is 1. The molecule has 4 rings (SSSR count). The van der Waals surface area contributed by atoms with Crippen molar-refractivity contribution in [3.8, 4) is 17.0 Å². The molecule has 0 saturated carbocycles. The average Bonchev–Trinajstić information content (AvgIpc) is 3.12. The van der Waals surface area contributed by atoms with E-state index < -0.39 is 6.10 Å². The second-order valence-corrected chi connectivity index (χ2v) is 7.33. The predicted molar refractivity (Wildman–Crippen MR) is 118 cm³/mol. The third-order valence-corrected chi connectivity index (χ3v) is 5.44. The largest absolute Gasteiger partial charge is 0.493 e. The van der Waals surface area contributed by atoms with E-state index >= 15 is 0 Å². The lowest BCUT2D eigenvalue weighted by atomic mass is 10.1. The van der Waals surface area contributed by atoms with Crippen molar-refractivity contribution in [3.05, 3.63) is 72.2 Å². The van der Waals surface area contributed by atoms with Gasteiger partial charge in [-0.05, 0) is 36.2 Å². The van der Waals surface area contributed by atoms with E-state index in [2.05, 4.69) is 22.1 Å². The molecule has 1 unspecified atom stereocenters. The molecule has 1 aromatic heterocycles. The maximum atomic E-state index is 11.9. The summed E-state index contributed by atoms with van der Waals surface area (Å²) in [4.78, 5) is 18.5. The Morgan fingerprint density at radius 1 is 1.13 bits per heavy atom. The summed E-state index contributed by atoms with van der Waals surface area (Å²) in [5.41, 5.74) is 4.61. The number of rotatable bonds is 9. The zero-order valence-electron chi connectivity index (χ0n) is 17.8. The number of hydrogen-bond acceptors (Lipinski definition) is 4. The lowest BCUT2D eigenvalue weighted by molar-refractivity contribution is -0.375. The molecule has 31 heavy (non-hydrogen) atoms. The van der Waals surface area contributed by atoms with Gasteiger partial charge < -0.3 is 19.2 Å². The van der Waals surface area contributed by atoms with Crippen molar-refractivity contribution in [2.75, 3.05) is 20.3 Å². The highest BCUT2D eigenvalue weighted by Crippen LogP contribution is 2.36. The second-order valence-electron chi connectivity index (χ2n) is 7.33. The first-order valence-corrected chi connectivity index (χ1v) is 10.5. The minimum atomic E-state index is -0.598. The van der Waals surface area contributed by atoms with E-state index in [0.717, 1.165) is 23.4 Å². The molecule has 0 amide bonds. The van der Waals surface area contributed by atoms with E-state index in [1.807, 2.05) is 48.9 Å². The first-order chi connectivity index (χ1) is 15.2. The Bertz CT molecular complexity index is 1120. The molecule has 2 aliphatic rings. The first-order valence-electron chi connectivity index (χ1n) is 10.5. The standard InChI is InChI=1S/C25H26N2O4/c1-3-30-25(28)23(29-2)15-17-6-8-18(9-7-17)31-14-11-21-22-16-26-13-10-19(22)20-5-4-12-27-24(20)21/h4-10,12-13,16,23,27H,3,11,14-15H2,1-2H3/p+1. The highest BCUT2D eigenvalue weighted by molar-refractivity contribution is 6.03. The van der Waals surface area contributed by atoms with Gasteiger partial charge in [0.05, 0.1) is 24.3 Å². The Morgan fingerprint density at radius 2 is 1.97 bits per heavy atom. The van der Waals surface area contributed by atoms with Gasteiger partial charge in [0.15, 0.2) is 18.5 Å². The fourth-order valence-corrected chi connectivity index (χ4v) is 3.93. The zero-order valence-corrected chi connectivity index (χ0v) is 17.8. The van der Waals surface area contributed by atoms with Crippen molar-refractivity contribution >= 4 is 16.7 Å². The molecule has 1 aliphatic carbocycles. The summed E-state index contributed by atoms with van der Waals surface area (Å²) < 4.78 is 16.3. The van der Waals surface area contributed by atoms with Gasteiger partial charge in [-0.1, -0.05) is 18.2 Å². The number of hydrogen-bond donors (Lipinski definition) is 1. The quantitative estimate of drug-likeness (QED) is 0.419. The van der Waals surface area contributed by atoms with E-state index in [1.54, 1.807) is 6.92 Å². The number of carbonyl (C=O) groups is 1. The number of fused-ring (bicyclic) bond motifs is 3. The number of ether oxygens (including phenoxy) is 3. The SMILES string of the molecule is CCOC(=O)C(Cc1ccc(OCCc2c3[nH]cccc-3c3cc[nH+]cc23)cc1)OC. The first kappa shape index (κ1) is 20.9. The summed E-state index contributed by atoms with van der Waals surface area (Å²) in [6.07, 6.45) is 6.61.